The van der Waals surface area contributed by atoms with Crippen LogP contribution in [0.1, 0.15) is 30.4 Å². The minimum Gasteiger partial charge on any atom is -0.493 e. The summed E-state index contributed by atoms with van der Waals surface area (Å²) in [5.41, 5.74) is 1.83. The summed E-state index contributed by atoms with van der Waals surface area (Å²) in [6.07, 6.45) is 2.91. The van der Waals surface area contributed by atoms with Crippen molar-refractivity contribution >= 4 is 39.1 Å². The zero-order valence-corrected chi connectivity index (χ0v) is 18.3. The number of benzene rings is 2. The van der Waals surface area contributed by atoms with Gasteiger partial charge in [-0.25, -0.2) is 0 Å². The topological polar surface area (TPSA) is 50.7 Å². The molecule has 2 rings (SSSR count). The molecule has 7 heteroatoms. The first kappa shape index (κ1) is 22.3. The standard InChI is InChI=1S/C20H24BrCl2NO3/c1-26-19-11-14(12-24-8-3-2-4-9-25)10-16(21)20(19)27-13-15-17(22)6-5-7-18(15)23/h5-7,10-11,24-25H,2-4,8-9,12-13H2,1H3. The van der Waals surface area contributed by atoms with Crippen molar-refractivity contribution in [1.29, 1.82) is 0 Å². The number of rotatable bonds is 11. The molecule has 2 aromatic carbocycles. The second-order valence-electron chi connectivity index (χ2n) is 6.06. The first-order chi connectivity index (χ1) is 13.1. The number of aliphatic hydroxyl groups is 1. The first-order valence-corrected chi connectivity index (χ1v) is 10.4. The highest BCUT2D eigenvalue weighted by atomic mass is 79.9. The van der Waals surface area contributed by atoms with Crippen LogP contribution in [0.2, 0.25) is 10.0 Å². The maximum atomic E-state index is 8.80. The molecule has 4 nitrogen and oxygen atoms in total. The molecule has 0 aliphatic heterocycles. The van der Waals surface area contributed by atoms with E-state index in [0.717, 1.165) is 48.0 Å². The zero-order valence-electron chi connectivity index (χ0n) is 15.2. The Hall–Kier alpha value is -0.980. The Kier molecular flexibility index (Phi) is 9.73. The second kappa shape index (κ2) is 11.8. The monoisotopic (exact) mass is 475 g/mol. The quantitative estimate of drug-likeness (QED) is 0.414. The molecule has 148 valence electrons. The molecule has 2 aromatic rings. The van der Waals surface area contributed by atoms with E-state index in [-0.39, 0.29) is 13.2 Å². The summed E-state index contributed by atoms with van der Waals surface area (Å²) in [5.74, 6) is 1.25. The van der Waals surface area contributed by atoms with Gasteiger partial charge in [0.2, 0.25) is 0 Å². The summed E-state index contributed by atoms with van der Waals surface area (Å²) >= 11 is 16.0. The third-order valence-electron chi connectivity index (χ3n) is 4.05. The molecular weight excluding hydrogens is 453 g/mol. The highest BCUT2D eigenvalue weighted by molar-refractivity contribution is 9.10. The molecule has 0 radical (unpaired) electrons. The van der Waals surface area contributed by atoms with Crippen molar-refractivity contribution in [3.8, 4) is 11.5 Å². The van der Waals surface area contributed by atoms with Gasteiger partial charge in [-0.15, -0.1) is 0 Å². The molecule has 0 heterocycles. The highest BCUT2D eigenvalue weighted by Crippen LogP contribution is 2.38. The van der Waals surface area contributed by atoms with Crippen LogP contribution in [0, 0.1) is 0 Å². The van der Waals surface area contributed by atoms with Gasteiger partial charge in [-0.3, -0.25) is 0 Å². The zero-order chi connectivity index (χ0) is 19.6. The van der Waals surface area contributed by atoms with E-state index < -0.39 is 0 Å². The minimum atomic E-state index is 0.246. The molecule has 0 aliphatic carbocycles. The van der Waals surface area contributed by atoms with Gasteiger partial charge in [0, 0.05) is 28.8 Å². The molecule has 0 aliphatic rings. The average Bonchev–Trinajstić information content (AvgIpc) is 2.65. The number of unbranched alkanes of at least 4 members (excludes halogenated alkanes) is 2. The van der Waals surface area contributed by atoms with Crippen LogP contribution in [0.15, 0.2) is 34.8 Å². The second-order valence-corrected chi connectivity index (χ2v) is 7.73. The largest absolute Gasteiger partial charge is 0.493 e. The van der Waals surface area contributed by atoms with Crippen LogP contribution in [0.3, 0.4) is 0 Å². The van der Waals surface area contributed by atoms with Crippen LogP contribution in [-0.4, -0.2) is 25.4 Å². The van der Waals surface area contributed by atoms with E-state index in [1.54, 1.807) is 25.3 Å². The summed E-state index contributed by atoms with van der Waals surface area (Å²) in [6.45, 7) is 2.13. The van der Waals surface area contributed by atoms with Crippen molar-refractivity contribution < 1.29 is 14.6 Å². The first-order valence-electron chi connectivity index (χ1n) is 8.80. The number of halogens is 3. The highest BCUT2D eigenvalue weighted by Gasteiger charge is 2.14. The fourth-order valence-electron chi connectivity index (χ4n) is 2.60. The van der Waals surface area contributed by atoms with E-state index in [0.29, 0.717) is 21.5 Å². The fourth-order valence-corrected chi connectivity index (χ4v) is 3.71. The molecule has 0 saturated carbocycles. The summed E-state index contributed by atoms with van der Waals surface area (Å²) in [7, 11) is 1.61. The number of aliphatic hydroxyl groups excluding tert-OH is 1. The average molecular weight is 477 g/mol. The number of nitrogens with one attached hydrogen (secondary N) is 1. The van der Waals surface area contributed by atoms with E-state index in [4.69, 9.17) is 37.8 Å². The van der Waals surface area contributed by atoms with Gasteiger partial charge in [-0.1, -0.05) is 29.3 Å². The molecule has 0 saturated heterocycles. The number of hydrogen-bond donors (Lipinski definition) is 2. The van der Waals surface area contributed by atoms with E-state index in [2.05, 4.69) is 21.2 Å². The molecule has 0 bridgehead atoms. The van der Waals surface area contributed by atoms with Gasteiger partial charge in [-0.05, 0) is 71.6 Å². The van der Waals surface area contributed by atoms with Crippen LogP contribution in [0.25, 0.3) is 0 Å². The molecule has 0 unspecified atom stereocenters. The SMILES string of the molecule is COc1cc(CNCCCCCO)cc(Br)c1OCc1c(Cl)cccc1Cl. The van der Waals surface area contributed by atoms with E-state index in [9.17, 15) is 0 Å². The lowest BCUT2D eigenvalue weighted by Crippen LogP contribution is -2.15. The Morgan fingerprint density at radius 3 is 2.52 bits per heavy atom. The maximum Gasteiger partial charge on any atom is 0.175 e. The van der Waals surface area contributed by atoms with Gasteiger partial charge in [0.1, 0.15) is 6.61 Å². The lowest BCUT2D eigenvalue weighted by molar-refractivity contribution is 0.282. The maximum absolute atomic E-state index is 8.80. The molecule has 2 N–H and O–H groups in total. The van der Waals surface area contributed by atoms with Gasteiger partial charge in [0.05, 0.1) is 11.6 Å². The fraction of sp³-hybridized carbons (Fsp3) is 0.400. The third kappa shape index (κ3) is 6.84. The molecule has 27 heavy (non-hydrogen) atoms. The summed E-state index contributed by atoms with van der Waals surface area (Å²) < 4.78 is 12.3. The van der Waals surface area contributed by atoms with Crippen LogP contribution >= 0.6 is 39.1 Å². The minimum absolute atomic E-state index is 0.246. The molecule has 0 atom stereocenters. The lowest BCUT2D eigenvalue weighted by atomic mass is 10.2. The summed E-state index contributed by atoms with van der Waals surface area (Å²) in [4.78, 5) is 0. The van der Waals surface area contributed by atoms with Gasteiger partial charge in [0.25, 0.3) is 0 Å². The lowest BCUT2D eigenvalue weighted by Gasteiger charge is -2.16. The summed E-state index contributed by atoms with van der Waals surface area (Å²) in [5, 5.41) is 13.3. The van der Waals surface area contributed by atoms with Crippen LogP contribution in [-0.2, 0) is 13.2 Å². The van der Waals surface area contributed by atoms with Crippen molar-refractivity contribution in [2.24, 2.45) is 0 Å². The Morgan fingerprint density at radius 2 is 1.85 bits per heavy atom. The number of methoxy groups -OCH3 is 1. The van der Waals surface area contributed by atoms with Crippen LogP contribution < -0.4 is 14.8 Å². The number of hydrogen-bond acceptors (Lipinski definition) is 4. The van der Waals surface area contributed by atoms with Crippen molar-refractivity contribution in [2.75, 3.05) is 20.3 Å². The van der Waals surface area contributed by atoms with Gasteiger partial charge in [0.15, 0.2) is 11.5 Å². The van der Waals surface area contributed by atoms with E-state index in [1.807, 2.05) is 12.1 Å². The molecule has 0 aromatic heterocycles. The van der Waals surface area contributed by atoms with Gasteiger partial charge >= 0.3 is 0 Å². The van der Waals surface area contributed by atoms with E-state index >= 15 is 0 Å². The van der Waals surface area contributed by atoms with Crippen LogP contribution in [0.5, 0.6) is 11.5 Å². The Morgan fingerprint density at radius 1 is 1.11 bits per heavy atom. The molecular formula is C20H24BrCl2NO3. The smallest absolute Gasteiger partial charge is 0.175 e. The van der Waals surface area contributed by atoms with Crippen molar-refractivity contribution in [3.63, 3.8) is 0 Å². The molecule has 0 spiro atoms. The molecule has 0 amide bonds. The van der Waals surface area contributed by atoms with Crippen molar-refractivity contribution in [2.45, 2.75) is 32.4 Å². The number of ether oxygens (including phenoxy) is 2. The predicted octanol–water partition coefficient (Wildman–Crippen LogP) is 5.60. The van der Waals surface area contributed by atoms with Crippen molar-refractivity contribution in [1.82, 2.24) is 5.32 Å². The van der Waals surface area contributed by atoms with E-state index in [1.165, 1.54) is 0 Å². The van der Waals surface area contributed by atoms with Gasteiger partial charge < -0.3 is 19.9 Å². The van der Waals surface area contributed by atoms with Gasteiger partial charge in [-0.2, -0.15) is 0 Å². The summed E-state index contributed by atoms with van der Waals surface area (Å²) in [6, 6.07) is 9.33. The van der Waals surface area contributed by atoms with Crippen molar-refractivity contribution in [3.05, 3.63) is 56.0 Å². The Balaban J connectivity index is 2.01. The predicted molar refractivity (Wildman–Crippen MR) is 114 cm³/mol. The Labute approximate surface area is 178 Å². The normalized spacial score (nSPS) is 10.9. The molecule has 0 fully saturated rings. The van der Waals surface area contributed by atoms with Crippen LogP contribution in [0.4, 0.5) is 0 Å². The Bertz CT molecular complexity index is 723. The third-order valence-corrected chi connectivity index (χ3v) is 5.35.